The van der Waals surface area contributed by atoms with Gasteiger partial charge in [0.05, 0.1) is 0 Å². The molecule has 2 rings (SSSR count). The molecule has 112 valence electrons. The summed E-state index contributed by atoms with van der Waals surface area (Å²) in [6.07, 6.45) is 11.4. The number of likely N-dealkylation sites (tertiary alicyclic amines) is 1. The quantitative estimate of drug-likeness (QED) is 0.835. The average molecular weight is 266 g/mol. The highest BCUT2D eigenvalue weighted by Gasteiger charge is 2.33. The Bertz CT molecular complexity index is 254. The van der Waals surface area contributed by atoms with Crippen LogP contribution in [0.5, 0.6) is 0 Å². The molecule has 0 spiro atoms. The summed E-state index contributed by atoms with van der Waals surface area (Å²) in [6, 6.07) is 2.32. The van der Waals surface area contributed by atoms with Crippen molar-refractivity contribution < 1.29 is 0 Å². The molecule has 1 saturated carbocycles. The largest absolute Gasteiger partial charge is 0.313 e. The third kappa shape index (κ3) is 4.19. The van der Waals surface area contributed by atoms with Gasteiger partial charge in [0, 0.05) is 18.1 Å². The van der Waals surface area contributed by atoms with Crippen molar-refractivity contribution in [1.82, 2.24) is 10.2 Å². The predicted molar refractivity (Wildman–Crippen MR) is 83.5 cm³/mol. The molecule has 0 radical (unpaired) electrons. The van der Waals surface area contributed by atoms with E-state index in [9.17, 15) is 0 Å². The van der Waals surface area contributed by atoms with Crippen molar-refractivity contribution in [3.05, 3.63) is 0 Å². The van der Waals surface area contributed by atoms with Gasteiger partial charge in [-0.3, -0.25) is 4.90 Å². The zero-order valence-electron chi connectivity index (χ0n) is 13.3. The van der Waals surface area contributed by atoms with E-state index in [1.165, 1.54) is 57.9 Å². The molecular weight excluding hydrogens is 232 g/mol. The highest BCUT2D eigenvalue weighted by atomic mass is 15.2. The van der Waals surface area contributed by atoms with Crippen molar-refractivity contribution in [2.45, 2.75) is 90.3 Å². The first kappa shape index (κ1) is 15.3. The summed E-state index contributed by atoms with van der Waals surface area (Å²) in [5, 5.41) is 3.79. The molecule has 1 heterocycles. The van der Waals surface area contributed by atoms with Gasteiger partial charge in [0.1, 0.15) is 0 Å². The second kappa shape index (κ2) is 7.64. The van der Waals surface area contributed by atoms with Crippen LogP contribution in [0.15, 0.2) is 0 Å². The van der Waals surface area contributed by atoms with Crippen LogP contribution in [0.4, 0.5) is 0 Å². The fraction of sp³-hybridized carbons (Fsp3) is 1.00. The van der Waals surface area contributed by atoms with Gasteiger partial charge >= 0.3 is 0 Å². The summed E-state index contributed by atoms with van der Waals surface area (Å²) in [6.45, 7) is 9.59. The number of nitrogens with zero attached hydrogens (tertiary/aromatic N) is 1. The first-order chi connectivity index (χ1) is 9.22. The normalized spacial score (nSPS) is 38.7. The van der Waals surface area contributed by atoms with Crippen LogP contribution < -0.4 is 5.32 Å². The molecule has 19 heavy (non-hydrogen) atoms. The fourth-order valence-corrected chi connectivity index (χ4v) is 4.28. The summed E-state index contributed by atoms with van der Waals surface area (Å²) in [5.41, 5.74) is 0. The van der Waals surface area contributed by atoms with Crippen molar-refractivity contribution in [3.8, 4) is 0 Å². The maximum atomic E-state index is 3.79. The van der Waals surface area contributed by atoms with Crippen LogP contribution in [-0.2, 0) is 0 Å². The van der Waals surface area contributed by atoms with E-state index in [4.69, 9.17) is 0 Å². The maximum Gasteiger partial charge on any atom is 0.0252 e. The average Bonchev–Trinajstić information content (AvgIpc) is 2.35. The Hall–Kier alpha value is -0.0800. The van der Waals surface area contributed by atoms with Crippen molar-refractivity contribution in [1.29, 1.82) is 0 Å². The van der Waals surface area contributed by atoms with Crippen molar-refractivity contribution in [2.24, 2.45) is 5.92 Å². The number of nitrogens with one attached hydrogen (secondary N) is 1. The molecule has 2 nitrogen and oxygen atoms in total. The lowest BCUT2D eigenvalue weighted by Gasteiger charge is -2.45. The van der Waals surface area contributed by atoms with Gasteiger partial charge in [-0.15, -0.1) is 0 Å². The molecule has 4 atom stereocenters. The SMILES string of the molecule is CCNC1CCCCCCC1N1CCC(C)CC1C. The third-order valence-electron chi connectivity index (χ3n) is 5.31. The summed E-state index contributed by atoms with van der Waals surface area (Å²) >= 11 is 0. The molecule has 0 aromatic carbocycles. The Kier molecular flexibility index (Phi) is 6.15. The summed E-state index contributed by atoms with van der Waals surface area (Å²) in [5.74, 6) is 0.928. The van der Waals surface area contributed by atoms with Crippen molar-refractivity contribution in [3.63, 3.8) is 0 Å². The smallest absolute Gasteiger partial charge is 0.0252 e. The molecule has 2 aliphatic rings. The summed E-state index contributed by atoms with van der Waals surface area (Å²) in [4.78, 5) is 2.85. The van der Waals surface area contributed by atoms with Gasteiger partial charge in [-0.25, -0.2) is 0 Å². The van der Waals surface area contributed by atoms with E-state index in [2.05, 4.69) is 31.0 Å². The highest BCUT2D eigenvalue weighted by molar-refractivity contribution is 4.90. The van der Waals surface area contributed by atoms with Crippen LogP contribution in [0, 0.1) is 5.92 Å². The lowest BCUT2D eigenvalue weighted by Crippen LogP contribution is -2.55. The maximum absolute atomic E-state index is 3.79. The minimum atomic E-state index is 0.737. The first-order valence-corrected chi connectivity index (χ1v) is 8.71. The number of rotatable bonds is 3. The van der Waals surface area contributed by atoms with Gasteiger partial charge in [0.15, 0.2) is 0 Å². The molecule has 1 aliphatic carbocycles. The molecule has 0 amide bonds. The van der Waals surface area contributed by atoms with Crippen LogP contribution in [0.3, 0.4) is 0 Å². The third-order valence-corrected chi connectivity index (χ3v) is 5.31. The standard InChI is InChI=1S/C17H34N2/c1-4-18-16-9-7-5-6-8-10-17(16)19-12-11-14(2)13-15(19)3/h14-18H,4-13H2,1-3H3. The van der Waals surface area contributed by atoms with Gasteiger partial charge in [-0.1, -0.05) is 39.5 Å². The second-order valence-corrected chi connectivity index (χ2v) is 6.94. The fourth-order valence-electron chi connectivity index (χ4n) is 4.28. The zero-order valence-corrected chi connectivity index (χ0v) is 13.3. The summed E-state index contributed by atoms with van der Waals surface area (Å²) in [7, 11) is 0. The molecule has 2 fully saturated rings. The Labute approximate surface area is 120 Å². The van der Waals surface area contributed by atoms with Crippen LogP contribution >= 0.6 is 0 Å². The molecule has 1 N–H and O–H groups in total. The second-order valence-electron chi connectivity index (χ2n) is 6.94. The van der Waals surface area contributed by atoms with E-state index >= 15 is 0 Å². The van der Waals surface area contributed by atoms with E-state index in [0.29, 0.717) is 0 Å². The van der Waals surface area contributed by atoms with Crippen LogP contribution in [0.2, 0.25) is 0 Å². The van der Waals surface area contributed by atoms with E-state index in [1.54, 1.807) is 0 Å². The highest BCUT2D eigenvalue weighted by Crippen LogP contribution is 2.29. The van der Waals surface area contributed by atoms with Gasteiger partial charge in [0.2, 0.25) is 0 Å². The molecule has 2 heteroatoms. The van der Waals surface area contributed by atoms with Crippen molar-refractivity contribution in [2.75, 3.05) is 13.1 Å². The number of piperidine rings is 1. The molecule has 0 bridgehead atoms. The first-order valence-electron chi connectivity index (χ1n) is 8.71. The Morgan fingerprint density at radius 1 is 1.00 bits per heavy atom. The molecule has 0 aromatic heterocycles. The van der Waals surface area contributed by atoms with E-state index < -0.39 is 0 Å². The number of hydrogen-bond acceptors (Lipinski definition) is 2. The zero-order chi connectivity index (χ0) is 13.7. The topological polar surface area (TPSA) is 15.3 Å². The Morgan fingerprint density at radius 2 is 1.74 bits per heavy atom. The van der Waals surface area contributed by atoms with Gasteiger partial charge < -0.3 is 5.32 Å². The molecule has 1 saturated heterocycles. The van der Waals surface area contributed by atoms with E-state index in [0.717, 1.165) is 30.6 Å². The molecule has 0 aromatic rings. The predicted octanol–water partition coefficient (Wildman–Crippen LogP) is 3.81. The molecular formula is C17H34N2. The lowest BCUT2D eigenvalue weighted by atomic mass is 9.86. The van der Waals surface area contributed by atoms with Crippen LogP contribution in [0.25, 0.3) is 0 Å². The Morgan fingerprint density at radius 3 is 2.42 bits per heavy atom. The lowest BCUT2D eigenvalue weighted by molar-refractivity contribution is 0.0508. The molecule has 4 unspecified atom stereocenters. The van der Waals surface area contributed by atoms with Gasteiger partial charge in [-0.2, -0.15) is 0 Å². The monoisotopic (exact) mass is 266 g/mol. The summed E-state index contributed by atoms with van der Waals surface area (Å²) < 4.78 is 0. The minimum absolute atomic E-state index is 0.737. The number of hydrogen-bond donors (Lipinski definition) is 1. The Balaban J connectivity index is 2.02. The van der Waals surface area contributed by atoms with Gasteiger partial charge in [-0.05, 0) is 51.6 Å². The number of likely N-dealkylation sites (N-methyl/N-ethyl adjacent to an activating group) is 1. The minimum Gasteiger partial charge on any atom is -0.313 e. The van der Waals surface area contributed by atoms with Crippen LogP contribution in [0.1, 0.15) is 72.1 Å². The van der Waals surface area contributed by atoms with Gasteiger partial charge in [0.25, 0.3) is 0 Å². The van der Waals surface area contributed by atoms with E-state index in [-0.39, 0.29) is 0 Å². The molecule has 1 aliphatic heterocycles. The van der Waals surface area contributed by atoms with Crippen LogP contribution in [-0.4, -0.2) is 36.1 Å². The van der Waals surface area contributed by atoms with Crippen molar-refractivity contribution >= 4 is 0 Å². The van der Waals surface area contributed by atoms with E-state index in [1.807, 2.05) is 0 Å².